The molecule has 8 nitrogen and oxygen atoms in total. The van der Waals surface area contributed by atoms with E-state index in [9.17, 15) is 0 Å². The number of anilines is 3. The first-order chi connectivity index (χ1) is 8.28. The van der Waals surface area contributed by atoms with Crippen molar-refractivity contribution >= 4 is 17.6 Å². The van der Waals surface area contributed by atoms with Gasteiger partial charge in [0, 0.05) is 26.1 Å². The van der Waals surface area contributed by atoms with Crippen molar-refractivity contribution in [1.29, 1.82) is 0 Å². The van der Waals surface area contributed by atoms with Crippen LogP contribution in [-0.2, 0) is 6.42 Å². The van der Waals surface area contributed by atoms with Crippen molar-refractivity contribution in [3.63, 3.8) is 0 Å². The fraction of sp³-hybridized carbons (Fsp3) is 0.333. The SMILES string of the molecule is CNc1cc(NCCc2ncon2)nc(N)n1. The summed E-state index contributed by atoms with van der Waals surface area (Å²) >= 11 is 0. The van der Waals surface area contributed by atoms with E-state index in [1.807, 2.05) is 0 Å². The van der Waals surface area contributed by atoms with Gasteiger partial charge >= 0.3 is 0 Å². The van der Waals surface area contributed by atoms with Gasteiger partial charge in [0.25, 0.3) is 0 Å². The number of hydrogen-bond donors (Lipinski definition) is 3. The first-order valence-electron chi connectivity index (χ1n) is 5.09. The van der Waals surface area contributed by atoms with Gasteiger partial charge in [0.05, 0.1) is 0 Å². The lowest BCUT2D eigenvalue weighted by atomic mass is 10.4. The molecule has 0 amide bonds. The average Bonchev–Trinajstić information content (AvgIpc) is 2.81. The lowest BCUT2D eigenvalue weighted by molar-refractivity contribution is 0.410. The Morgan fingerprint density at radius 2 is 2.18 bits per heavy atom. The lowest BCUT2D eigenvalue weighted by Crippen LogP contribution is -2.09. The summed E-state index contributed by atoms with van der Waals surface area (Å²) in [6.45, 7) is 0.638. The molecule has 0 aliphatic rings. The largest absolute Gasteiger partial charge is 0.373 e. The van der Waals surface area contributed by atoms with Gasteiger partial charge < -0.3 is 20.9 Å². The molecule has 2 rings (SSSR count). The van der Waals surface area contributed by atoms with E-state index in [0.717, 1.165) is 0 Å². The Bertz CT molecular complexity index is 470. The van der Waals surface area contributed by atoms with Gasteiger partial charge in [-0.1, -0.05) is 5.16 Å². The van der Waals surface area contributed by atoms with Crippen LogP contribution in [0.15, 0.2) is 17.0 Å². The molecule has 0 saturated heterocycles. The van der Waals surface area contributed by atoms with Gasteiger partial charge in [-0.25, -0.2) is 0 Å². The first kappa shape index (κ1) is 11.1. The summed E-state index contributed by atoms with van der Waals surface area (Å²) in [5.74, 6) is 2.19. The van der Waals surface area contributed by atoms with Gasteiger partial charge in [-0.2, -0.15) is 15.0 Å². The number of nitrogens with two attached hydrogens (primary N) is 1. The van der Waals surface area contributed by atoms with E-state index in [0.29, 0.717) is 30.4 Å². The summed E-state index contributed by atoms with van der Waals surface area (Å²) in [5.41, 5.74) is 5.56. The van der Waals surface area contributed by atoms with Crippen LogP contribution in [0.2, 0.25) is 0 Å². The highest BCUT2D eigenvalue weighted by atomic mass is 16.5. The van der Waals surface area contributed by atoms with Crippen LogP contribution < -0.4 is 16.4 Å². The lowest BCUT2D eigenvalue weighted by Gasteiger charge is -2.06. The van der Waals surface area contributed by atoms with Gasteiger partial charge in [0.2, 0.25) is 12.3 Å². The van der Waals surface area contributed by atoms with Crippen molar-refractivity contribution in [3.8, 4) is 0 Å². The first-order valence-corrected chi connectivity index (χ1v) is 5.09. The van der Waals surface area contributed by atoms with Crippen LogP contribution >= 0.6 is 0 Å². The van der Waals surface area contributed by atoms with E-state index in [1.54, 1.807) is 13.1 Å². The molecule has 0 bridgehead atoms. The Hall–Kier alpha value is -2.38. The number of hydrogen-bond acceptors (Lipinski definition) is 8. The van der Waals surface area contributed by atoms with Gasteiger partial charge in [0.1, 0.15) is 11.6 Å². The summed E-state index contributed by atoms with van der Waals surface area (Å²) in [6, 6.07) is 1.77. The summed E-state index contributed by atoms with van der Waals surface area (Å²) in [5, 5.41) is 9.71. The van der Waals surface area contributed by atoms with Gasteiger partial charge in [0.15, 0.2) is 5.82 Å². The van der Waals surface area contributed by atoms with Crippen LogP contribution in [0, 0.1) is 0 Å². The highest BCUT2D eigenvalue weighted by molar-refractivity contribution is 5.50. The predicted molar refractivity (Wildman–Crippen MR) is 62.5 cm³/mol. The molecular weight excluding hydrogens is 222 g/mol. The maximum Gasteiger partial charge on any atom is 0.223 e. The average molecular weight is 235 g/mol. The molecule has 8 heteroatoms. The van der Waals surface area contributed by atoms with E-state index >= 15 is 0 Å². The normalized spacial score (nSPS) is 10.2. The molecule has 17 heavy (non-hydrogen) atoms. The second-order valence-electron chi connectivity index (χ2n) is 3.27. The van der Waals surface area contributed by atoms with Crippen LogP contribution in [0.1, 0.15) is 5.82 Å². The minimum atomic E-state index is 0.221. The molecule has 0 aliphatic carbocycles. The highest BCUT2D eigenvalue weighted by Crippen LogP contribution is 2.11. The van der Waals surface area contributed by atoms with Crippen LogP contribution in [0.4, 0.5) is 17.6 Å². The molecular formula is C9H13N7O. The standard InChI is InChI=1S/C9H13N7O/c1-11-7-4-8(15-9(10)14-7)12-3-2-6-13-5-17-16-6/h4-5H,2-3H2,1H3,(H4,10,11,12,14,15). The van der Waals surface area contributed by atoms with E-state index in [1.165, 1.54) is 6.39 Å². The van der Waals surface area contributed by atoms with Gasteiger partial charge in [-0.05, 0) is 0 Å². The quantitative estimate of drug-likeness (QED) is 0.670. The molecule has 4 N–H and O–H groups in total. The minimum absolute atomic E-state index is 0.221. The van der Waals surface area contributed by atoms with Crippen LogP contribution in [0.3, 0.4) is 0 Å². The molecule has 0 radical (unpaired) electrons. The molecule has 0 atom stereocenters. The number of rotatable bonds is 5. The molecule has 90 valence electrons. The van der Waals surface area contributed by atoms with Crippen LogP contribution in [-0.4, -0.2) is 33.7 Å². The fourth-order valence-electron chi connectivity index (χ4n) is 1.29. The third kappa shape index (κ3) is 3.03. The van der Waals surface area contributed by atoms with Crippen molar-refractivity contribution < 1.29 is 4.52 Å². The second-order valence-corrected chi connectivity index (χ2v) is 3.27. The molecule has 0 unspecified atom stereocenters. The molecule has 0 aliphatic heterocycles. The van der Waals surface area contributed by atoms with Crippen molar-refractivity contribution in [2.45, 2.75) is 6.42 Å². The zero-order valence-corrected chi connectivity index (χ0v) is 9.34. The molecule has 0 spiro atoms. The van der Waals surface area contributed by atoms with Crippen molar-refractivity contribution in [1.82, 2.24) is 20.1 Å². The minimum Gasteiger partial charge on any atom is -0.373 e. The Morgan fingerprint density at radius 3 is 2.88 bits per heavy atom. The number of nitrogens with one attached hydrogen (secondary N) is 2. The van der Waals surface area contributed by atoms with Crippen molar-refractivity contribution in [3.05, 3.63) is 18.3 Å². The Labute approximate surface area is 97.6 Å². The Morgan fingerprint density at radius 1 is 1.35 bits per heavy atom. The summed E-state index contributed by atoms with van der Waals surface area (Å²) in [4.78, 5) is 11.9. The number of aromatic nitrogens is 4. The second kappa shape index (κ2) is 5.10. The predicted octanol–water partition coefficient (Wildman–Crippen LogP) is 0.138. The maximum atomic E-state index is 5.56. The molecule has 2 aromatic rings. The maximum absolute atomic E-state index is 5.56. The topological polar surface area (TPSA) is 115 Å². The fourth-order valence-corrected chi connectivity index (χ4v) is 1.29. The monoisotopic (exact) mass is 235 g/mol. The number of nitrogens with zero attached hydrogens (tertiary/aromatic N) is 4. The van der Waals surface area contributed by atoms with Crippen molar-refractivity contribution in [2.24, 2.45) is 0 Å². The smallest absolute Gasteiger partial charge is 0.223 e. The number of nitrogen functional groups attached to an aromatic ring is 1. The third-order valence-electron chi connectivity index (χ3n) is 2.06. The summed E-state index contributed by atoms with van der Waals surface area (Å²) < 4.78 is 4.63. The summed E-state index contributed by atoms with van der Waals surface area (Å²) in [6.07, 6.45) is 1.95. The zero-order valence-electron chi connectivity index (χ0n) is 9.34. The molecule has 0 saturated carbocycles. The van der Waals surface area contributed by atoms with E-state index in [-0.39, 0.29) is 5.95 Å². The Kier molecular flexibility index (Phi) is 3.34. The van der Waals surface area contributed by atoms with Crippen molar-refractivity contribution in [2.75, 3.05) is 30.0 Å². The highest BCUT2D eigenvalue weighted by Gasteiger charge is 2.02. The van der Waals surface area contributed by atoms with E-state index in [4.69, 9.17) is 5.73 Å². The van der Waals surface area contributed by atoms with Crippen LogP contribution in [0.25, 0.3) is 0 Å². The molecule has 2 heterocycles. The third-order valence-corrected chi connectivity index (χ3v) is 2.06. The summed E-state index contributed by atoms with van der Waals surface area (Å²) in [7, 11) is 1.77. The Balaban J connectivity index is 1.92. The molecule has 2 aromatic heterocycles. The zero-order chi connectivity index (χ0) is 12.1. The van der Waals surface area contributed by atoms with Crippen LogP contribution in [0.5, 0.6) is 0 Å². The molecule has 0 fully saturated rings. The van der Waals surface area contributed by atoms with E-state index in [2.05, 4.69) is 35.3 Å². The molecule has 0 aromatic carbocycles. The van der Waals surface area contributed by atoms with Gasteiger partial charge in [-0.15, -0.1) is 0 Å². The van der Waals surface area contributed by atoms with Gasteiger partial charge in [-0.3, -0.25) is 0 Å². The van der Waals surface area contributed by atoms with E-state index < -0.39 is 0 Å².